The molecule has 0 bridgehead atoms. The molecule has 3 heterocycles. The lowest BCUT2D eigenvalue weighted by Crippen LogP contribution is -2.40. The van der Waals surface area contributed by atoms with E-state index in [1.807, 2.05) is 35.0 Å². The molecule has 1 fully saturated rings. The molecule has 2 aromatic carbocycles. The van der Waals surface area contributed by atoms with Crippen LogP contribution in [0.4, 0.5) is 5.82 Å². The Balaban J connectivity index is 1.28. The molecule has 1 amide bonds. The highest BCUT2D eigenvalue weighted by Crippen LogP contribution is 2.30. The van der Waals surface area contributed by atoms with Gasteiger partial charge in [0.15, 0.2) is 5.82 Å². The first kappa shape index (κ1) is 22.4. The highest BCUT2D eigenvalue weighted by molar-refractivity contribution is 6.31. The number of carbonyl (C=O) groups excluding carboxylic acids is 1. The van der Waals surface area contributed by atoms with Gasteiger partial charge < -0.3 is 10.2 Å². The van der Waals surface area contributed by atoms with Gasteiger partial charge >= 0.3 is 0 Å². The topological polar surface area (TPSA) is 62.5 Å². The van der Waals surface area contributed by atoms with Crippen LogP contribution in [-0.4, -0.2) is 33.6 Å². The Hall–Kier alpha value is -3.38. The molecule has 6 nitrogen and oxygen atoms in total. The van der Waals surface area contributed by atoms with Crippen molar-refractivity contribution in [1.29, 1.82) is 0 Å². The molecule has 0 saturated carbocycles. The molecule has 1 aliphatic heterocycles. The highest BCUT2D eigenvalue weighted by Gasteiger charge is 2.27. The molecule has 0 aliphatic carbocycles. The van der Waals surface area contributed by atoms with Crippen LogP contribution in [0.3, 0.4) is 0 Å². The van der Waals surface area contributed by atoms with Gasteiger partial charge in [0.25, 0.3) is 0 Å². The Morgan fingerprint density at radius 1 is 1.12 bits per heavy atom. The third kappa shape index (κ3) is 4.50. The average Bonchev–Trinajstić information content (AvgIpc) is 3.27. The van der Waals surface area contributed by atoms with Gasteiger partial charge in [-0.1, -0.05) is 53.6 Å². The van der Waals surface area contributed by atoms with Crippen molar-refractivity contribution in [3.63, 3.8) is 0 Å². The quantitative estimate of drug-likeness (QED) is 0.432. The molecule has 1 aliphatic rings. The monoisotopic (exact) mass is 473 g/mol. The number of carbonyl (C=O) groups is 1. The van der Waals surface area contributed by atoms with Crippen LogP contribution in [0, 0.1) is 19.8 Å². The minimum Gasteiger partial charge on any atom is -0.355 e. The van der Waals surface area contributed by atoms with Crippen LogP contribution in [0.5, 0.6) is 0 Å². The summed E-state index contributed by atoms with van der Waals surface area (Å²) in [5, 5.41) is 8.54. The van der Waals surface area contributed by atoms with Gasteiger partial charge in [-0.05, 0) is 49.9 Å². The molecule has 1 saturated heterocycles. The van der Waals surface area contributed by atoms with Gasteiger partial charge in [-0.2, -0.15) is 5.10 Å². The summed E-state index contributed by atoms with van der Waals surface area (Å²) in [5.74, 6) is 1.00. The summed E-state index contributed by atoms with van der Waals surface area (Å²) in [6, 6.07) is 16.2. The number of aryl methyl sites for hydroxylation is 2. The van der Waals surface area contributed by atoms with Crippen molar-refractivity contribution in [2.24, 2.45) is 5.92 Å². The molecule has 34 heavy (non-hydrogen) atoms. The maximum Gasteiger partial charge on any atom is 0.223 e. The van der Waals surface area contributed by atoms with E-state index in [1.54, 1.807) is 6.20 Å². The van der Waals surface area contributed by atoms with E-state index >= 15 is 0 Å². The summed E-state index contributed by atoms with van der Waals surface area (Å²) in [6.45, 7) is 6.23. The van der Waals surface area contributed by atoms with Crippen LogP contribution >= 0.6 is 11.6 Å². The van der Waals surface area contributed by atoms with E-state index < -0.39 is 0 Å². The Morgan fingerprint density at radius 3 is 2.68 bits per heavy atom. The fourth-order valence-corrected chi connectivity index (χ4v) is 4.91. The van der Waals surface area contributed by atoms with E-state index in [2.05, 4.69) is 53.3 Å². The lowest BCUT2D eigenvalue weighted by molar-refractivity contribution is -0.125. The van der Waals surface area contributed by atoms with Crippen molar-refractivity contribution in [1.82, 2.24) is 19.9 Å². The standard InChI is InChI=1S/C27H28ClN5O/c1-18-7-8-22(19(2)15-18)24-16-25-26(29-11-14-33(25)31-24)32-12-9-20(10-13-32)27(34)30-17-21-5-3-4-6-23(21)28/h3-8,11,14-16,20H,9-10,12-13,17H2,1-2H3,(H,30,34). The van der Waals surface area contributed by atoms with Gasteiger partial charge in [0.1, 0.15) is 5.52 Å². The lowest BCUT2D eigenvalue weighted by Gasteiger charge is -2.32. The van der Waals surface area contributed by atoms with Crippen LogP contribution in [0.2, 0.25) is 5.02 Å². The van der Waals surface area contributed by atoms with E-state index in [9.17, 15) is 4.79 Å². The largest absolute Gasteiger partial charge is 0.355 e. The normalized spacial score (nSPS) is 14.5. The molecule has 5 rings (SSSR count). The Bertz CT molecular complexity index is 1340. The van der Waals surface area contributed by atoms with E-state index in [-0.39, 0.29) is 11.8 Å². The molecule has 7 heteroatoms. The number of halogens is 1. The van der Waals surface area contributed by atoms with Crippen molar-refractivity contribution in [3.05, 3.63) is 82.6 Å². The minimum atomic E-state index is -0.00542. The van der Waals surface area contributed by atoms with Crippen molar-refractivity contribution in [2.45, 2.75) is 33.2 Å². The molecule has 4 aromatic rings. The van der Waals surface area contributed by atoms with Crippen molar-refractivity contribution in [2.75, 3.05) is 18.0 Å². The van der Waals surface area contributed by atoms with Crippen LogP contribution in [0.1, 0.15) is 29.5 Å². The van der Waals surface area contributed by atoms with E-state index in [4.69, 9.17) is 16.7 Å². The highest BCUT2D eigenvalue weighted by atomic mass is 35.5. The summed E-state index contributed by atoms with van der Waals surface area (Å²) in [6.07, 6.45) is 5.26. The minimum absolute atomic E-state index is 0.00542. The molecular weight excluding hydrogens is 446 g/mol. The fraction of sp³-hybridized carbons (Fsp3) is 0.296. The smallest absolute Gasteiger partial charge is 0.223 e. The molecule has 0 spiro atoms. The Labute approximate surface area is 204 Å². The van der Waals surface area contributed by atoms with Gasteiger partial charge in [0, 0.05) is 48.5 Å². The number of nitrogens with zero attached hydrogens (tertiary/aromatic N) is 4. The maximum absolute atomic E-state index is 12.8. The first-order valence-corrected chi connectivity index (χ1v) is 12.1. The zero-order valence-electron chi connectivity index (χ0n) is 19.5. The SMILES string of the molecule is Cc1ccc(-c2cc3c(N4CCC(C(=O)NCc5ccccc5Cl)CC4)nccn3n2)c(C)c1. The molecule has 1 N–H and O–H groups in total. The zero-order chi connectivity index (χ0) is 23.7. The van der Waals surface area contributed by atoms with Crippen LogP contribution in [0.25, 0.3) is 16.8 Å². The molecule has 2 aromatic heterocycles. The summed E-state index contributed by atoms with van der Waals surface area (Å²) in [5.41, 5.74) is 6.45. The van der Waals surface area contributed by atoms with E-state index in [0.717, 1.165) is 54.1 Å². The van der Waals surface area contributed by atoms with Crippen LogP contribution in [-0.2, 0) is 11.3 Å². The number of hydrogen-bond donors (Lipinski definition) is 1. The Kier molecular flexibility index (Phi) is 6.24. The first-order valence-electron chi connectivity index (χ1n) is 11.7. The predicted octanol–water partition coefficient (Wildman–Crippen LogP) is 5.20. The second-order valence-corrected chi connectivity index (χ2v) is 9.41. The third-order valence-electron chi connectivity index (χ3n) is 6.60. The predicted molar refractivity (Wildman–Crippen MR) is 136 cm³/mol. The van der Waals surface area contributed by atoms with Gasteiger partial charge in [-0.3, -0.25) is 4.79 Å². The summed E-state index contributed by atoms with van der Waals surface area (Å²) in [4.78, 5) is 19.7. The number of hydrogen-bond acceptors (Lipinski definition) is 4. The van der Waals surface area contributed by atoms with E-state index in [1.165, 1.54) is 11.1 Å². The second kappa shape index (κ2) is 9.47. The maximum atomic E-state index is 12.8. The summed E-state index contributed by atoms with van der Waals surface area (Å²) < 4.78 is 1.90. The number of anilines is 1. The molecule has 0 unspecified atom stereocenters. The third-order valence-corrected chi connectivity index (χ3v) is 6.97. The Morgan fingerprint density at radius 2 is 1.91 bits per heavy atom. The van der Waals surface area contributed by atoms with Crippen molar-refractivity contribution in [3.8, 4) is 11.3 Å². The number of piperidine rings is 1. The number of nitrogens with one attached hydrogen (secondary N) is 1. The number of benzene rings is 2. The molecular formula is C27H28ClN5O. The van der Waals surface area contributed by atoms with Gasteiger partial charge in [-0.25, -0.2) is 9.50 Å². The molecule has 0 atom stereocenters. The summed E-state index contributed by atoms with van der Waals surface area (Å²) >= 11 is 6.21. The van der Waals surface area contributed by atoms with Gasteiger partial charge in [0.2, 0.25) is 5.91 Å². The molecule has 174 valence electrons. The van der Waals surface area contributed by atoms with Crippen molar-refractivity contribution >= 4 is 28.8 Å². The summed E-state index contributed by atoms with van der Waals surface area (Å²) in [7, 11) is 0. The van der Waals surface area contributed by atoms with Crippen LogP contribution in [0.15, 0.2) is 60.9 Å². The second-order valence-electron chi connectivity index (χ2n) is 9.00. The van der Waals surface area contributed by atoms with Gasteiger partial charge in [0.05, 0.1) is 5.69 Å². The number of amides is 1. The number of fused-ring (bicyclic) bond motifs is 1. The zero-order valence-corrected chi connectivity index (χ0v) is 20.2. The molecule has 0 radical (unpaired) electrons. The first-order chi connectivity index (χ1) is 16.5. The van der Waals surface area contributed by atoms with E-state index in [0.29, 0.717) is 11.6 Å². The average molecular weight is 474 g/mol. The number of aromatic nitrogens is 3. The lowest BCUT2D eigenvalue weighted by atomic mass is 9.95. The fourth-order valence-electron chi connectivity index (χ4n) is 4.71. The van der Waals surface area contributed by atoms with Crippen molar-refractivity contribution < 1.29 is 4.79 Å². The van der Waals surface area contributed by atoms with Gasteiger partial charge in [-0.15, -0.1) is 0 Å². The number of rotatable bonds is 5. The van der Waals surface area contributed by atoms with Crippen LogP contribution < -0.4 is 10.2 Å².